The highest BCUT2D eigenvalue weighted by Gasteiger charge is 2.14. The van der Waals surface area contributed by atoms with E-state index in [-0.39, 0.29) is 0 Å². The van der Waals surface area contributed by atoms with Crippen molar-refractivity contribution in [3.05, 3.63) is 29.8 Å². The van der Waals surface area contributed by atoms with Crippen LogP contribution in [0.1, 0.15) is 38.2 Å². The Hall–Kier alpha value is -1.02. The smallest absolute Gasteiger partial charge is 0.0511 e. The zero-order chi connectivity index (χ0) is 12.1. The van der Waals surface area contributed by atoms with E-state index in [0.29, 0.717) is 11.8 Å². The molecule has 1 heterocycles. The van der Waals surface area contributed by atoms with Crippen molar-refractivity contribution in [2.24, 2.45) is 5.92 Å². The van der Waals surface area contributed by atoms with E-state index in [1.54, 1.807) is 0 Å². The van der Waals surface area contributed by atoms with Crippen LogP contribution in [0.3, 0.4) is 0 Å². The van der Waals surface area contributed by atoms with E-state index in [1.165, 1.54) is 24.1 Å². The van der Waals surface area contributed by atoms with Crippen LogP contribution < -0.4 is 5.32 Å². The van der Waals surface area contributed by atoms with Crippen LogP contribution in [0.5, 0.6) is 0 Å². The molecule has 0 radical (unpaired) electrons. The molecule has 0 saturated carbocycles. The van der Waals surface area contributed by atoms with E-state index in [2.05, 4.69) is 43.4 Å². The third-order valence-electron chi connectivity index (χ3n) is 3.71. The molecule has 0 aliphatic carbocycles. The number of ether oxygens (including phenoxy) is 1. The van der Waals surface area contributed by atoms with Gasteiger partial charge in [0.15, 0.2) is 0 Å². The van der Waals surface area contributed by atoms with Crippen LogP contribution in [0.25, 0.3) is 0 Å². The van der Waals surface area contributed by atoms with Gasteiger partial charge < -0.3 is 10.1 Å². The first kappa shape index (κ1) is 12.4. The molecule has 1 aliphatic rings. The SMILES string of the molecule is CCC(C)c1ccc(NCC2CCOC2)cc1. The standard InChI is InChI=1S/C15H23NO/c1-3-12(2)14-4-6-15(7-5-14)16-10-13-8-9-17-11-13/h4-7,12-13,16H,3,8-11H2,1-2H3. The lowest BCUT2D eigenvalue weighted by Gasteiger charge is -2.13. The van der Waals surface area contributed by atoms with Gasteiger partial charge in [0.05, 0.1) is 6.61 Å². The van der Waals surface area contributed by atoms with Crippen molar-refractivity contribution < 1.29 is 4.74 Å². The molecule has 1 aliphatic heterocycles. The van der Waals surface area contributed by atoms with Gasteiger partial charge in [-0.25, -0.2) is 0 Å². The fourth-order valence-corrected chi connectivity index (χ4v) is 2.17. The summed E-state index contributed by atoms with van der Waals surface area (Å²) >= 11 is 0. The average molecular weight is 233 g/mol. The first-order valence-corrected chi connectivity index (χ1v) is 6.71. The normalized spacial score (nSPS) is 21.4. The Bertz CT molecular complexity index is 327. The third-order valence-corrected chi connectivity index (χ3v) is 3.71. The molecule has 2 heteroatoms. The topological polar surface area (TPSA) is 21.3 Å². The number of hydrogen-bond acceptors (Lipinski definition) is 2. The van der Waals surface area contributed by atoms with Crippen LogP contribution in [0.15, 0.2) is 24.3 Å². The summed E-state index contributed by atoms with van der Waals surface area (Å²) in [4.78, 5) is 0. The third kappa shape index (κ3) is 3.47. The molecule has 0 bridgehead atoms. The van der Waals surface area contributed by atoms with Gasteiger partial charge in [-0.3, -0.25) is 0 Å². The summed E-state index contributed by atoms with van der Waals surface area (Å²) in [5.74, 6) is 1.34. The van der Waals surface area contributed by atoms with Crippen LogP contribution in [0.4, 0.5) is 5.69 Å². The van der Waals surface area contributed by atoms with Crippen LogP contribution in [0.2, 0.25) is 0 Å². The second-order valence-electron chi connectivity index (χ2n) is 5.04. The van der Waals surface area contributed by atoms with E-state index in [1.807, 2.05) is 0 Å². The molecule has 2 rings (SSSR count). The van der Waals surface area contributed by atoms with E-state index >= 15 is 0 Å². The van der Waals surface area contributed by atoms with Gasteiger partial charge in [-0.1, -0.05) is 26.0 Å². The fourth-order valence-electron chi connectivity index (χ4n) is 2.17. The molecule has 1 aromatic rings. The van der Waals surface area contributed by atoms with Crippen molar-refractivity contribution in [3.63, 3.8) is 0 Å². The number of rotatable bonds is 5. The first-order chi connectivity index (χ1) is 8.29. The summed E-state index contributed by atoms with van der Waals surface area (Å²) in [6, 6.07) is 8.86. The minimum atomic E-state index is 0.660. The van der Waals surface area contributed by atoms with Gasteiger partial charge in [-0.05, 0) is 36.5 Å². The van der Waals surface area contributed by atoms with E-state index in [4.69, 9.17) is 4.74 Å². The Morgan fingerprint density at radius 1 is 1.35 bits per heavy atom. The molecular formula is C15H23NO. The summed E-state index contributed by atoms with van der Waals surface area (Å²) < 4.78 is 5.37. The van der Waals surface area contributed by atoms with Gasteiger partial charge in [-0.2, -0.15) is 0 Å². The average Bonchev–Trinajstić information content (AvgIpc) is 2.89. The molecular weight excluding hydrogens is 210 g/mol. The Balaban J connectivity index is 1.84. The van der Waals surface area contributed by atoms with Gasteiger partial charge in [0, 0.05) is 24.8 Å². The summed E-state index contributed by atoms with van der Waals surface area (Å²) in [6.45, 7) is 7.38. The van der Waals surface area contributed by atoms with E-state index in [0.717, 1.165) is 19.8 Å². The predicted molar refractivity (Wildman–Crippen MR) is 72.6 cm³/mol. The monoisotopic (exact) mass is 233 g/mol. The lowest BCUT2D eigenvalue weighted by atomic mass is 9.98. The maximum atomic E-state index is 5.37. The summed E-state index contributed by atoms with van der Waals surface area (Å²) in [7, 11) is 0. The van der Waals surface area contributed by atoms with Gasteiger partial charge in [0.2, 0.25) is 0 Å². The highest BCUT2D eigenvalue weighted by molar-refractivity contribution is 5.45. The first-order valence-electron chi connectivity index (χ1n) is 6.71. The predicted octanol–water partition coefficient (Wildman–Crippen LogP) is 3.65. The van der Waals surface area contributed by atoms with Gasteiger partial charge in [-0.15, -0.1) is 0 Å². The summed E-state index contributed by atoms with van der Waals surface area (Å²) in [5, 5.41) is 3.49. The van der Waals surface area contributed by atoms with Crippen molar-refractivity contribution in [3.8, 4) is 0 Å². The molecule has 1 N–H and O–H groups in total. The highest BCUT2D eigenvalue weighted by Crippen LogP contribution is 2.21. The number of nitrogens with one attached hydrogen (secondary N) is 1. The van der Waals surface area contributed by atoms with Gasteiger partial charge >= 0.3 is 0 Å². The summed E-state index contributed by atoms with van der Waals surface area (Å²) in [5.41, 5.74) is 2.66. The molecule has 0 spiro atoms. The van der Waals surface area contributed by atoms with E-state index in [9.17, 15) is 0 Å². The zero-order valence-corrected chi connectivity index (χ0v) is 10.9. The molecule has 2 nitrogen and oxygen atoms in total. The number of hydrogen-bond donors (Lipinski definition) is 1. The zero-order valence-electron chi connectivity index (χ0n) is 10.9. The molecule has 17 heavy (non-hydrogen) atoms. The molecule has 0 amide bonds. The molecule has 94 valence electrons. The van der Waals surface area contributed by atoms with Crippen molar-refractivity contribution in [1.29, 1.82) is 0 Å². The van der Waals surface area contributed by atoms with Crippen LogP contribution in [-0.4, -0.2) is 19.8 Å². The van der Waals surface area contributed by atoms with Gasteiger partial charge in [0.1, 0.15) is 0 Å². The van der Waals surface area contributed by atoms with Crippen molar-refractivity contribution in [1.82, 2.24) is 0 Å². The fraction of sp³-hybridized carbons (Fsp3) is 0.600. The largest absolute Gasteiger partial charge is 0.385 e. The Labute approximate surface area is 104 Å². The molecule has 0 aromatic heterocycles. The second kappa shape index (κ2) is 6.06. The lowest BCUT2D eigenvalue weighted by molar-refractivity contribution is 0.187. The highest BCUT2D eigenvalue weighted by atomic mass is 16.5. The van der Waals surface area contributed by atoms with Crippen molar-refractivity contribution in [2.45, 2.75) is 32.6 Å². The van der Waals surface area contributed by atoms with Crippen LogP contribution in [0, 0.1) is 5.92 Å². The van der Waals surface area contributed by atoms with Crippen molar-refractivity contribution >= 4 is 5.69 Å². The molecule has 1 saturated heterocycles. The number of anilines is 1. The minimum Gasteiger partial charge on any atom is -0.385 e. The lowest BCUT2D eigenvalue weighted by Crippen LogP contribution is -2.13. The maximum absolute atomic E-state index is 5.37. The molecule has 1 fully saturated rings. The Kier molecular flexibility index (Phi) is 4.43. The van der Waals surface area contributed by atoms with Crippen LogP contribution >= 0.6 is 0 Å². The Morgan fingerprint density at radius 2 is 2.12 bits per heavy atom. The van der Waals surface area contributed by atoms with Crippen LogP contribution in [-0.2, 0) is 4.74 Å². The number of benzene rings is 1. The quantitative estimate of drug-likeness (QED) is 0.838. The second-order valence-corrected chi connectivity index (χ2v) is 5.04. The summed E-state index contributed by atoms with van der Waals surface area (Å²) in [6.07, 6.45) is 2.39. The molecule has 2 atom stereocenters. The minimum absolute atomic E-state index is 0.660. The van der Waals surface area contributed by atoms with E-state index < -0.39 is 0 Å². The maximum Gasteiger partial charge on any atom is 0.0511 e. The molecule has 2 unspecified atom stereocenters. The van der Waals surface area contributed by atoms with Gasteiger partial charge in [0.25, 0.3) is 0 Å². The molecule has 1 aromatic carbocycles. The Morgan fingerprint density at radius 3 is 2.71 bits per heavy atom. The van der Waals surface area contributed by atoms with Crippen molar-refractivity contribution in [2.75, 3.05) is 25.1 Å².